The van der Waals surface area contributed by atoms with Gasteiger partial charge in [-0.15, -0.1) is 0 Å². The molecule has 3 heterocycles. The lowest BCUT2D eigenvalue weighted by Crippen LogP contribution is -2.08. The highest BCUT2D eigenvalue weighted by Crippen LogP contribution is 2.37. The maximum absolute atomic E-state index is 5.81. The third kappa shape index (κ3) is 2.01. The lowest BCUT2D eigenvalue weighted by atomic mass is 10.1. The number of aromatic nitrogens is 3. The highest BCUT2D eigenvalue weighted by Gasteiger charge is 2.20. The highest BCUT2D eigenvalue weighted by molar-refractivity contribution is 5.73. The summed E-state index contributed by atoms with van der Waals surface area (Å²) in [6, 6.07) is 6.25. The van der Waals surface area contributed by atoms with Gasteiger partial charge in [0.25, 0.3) is 5.88 Å². The van der Waals surface area contributed by atoms with E-state index in [1.807, 2.05) is 30.6 Å². The molecule has 0 amide bonds. The molecular weight excluding hydrogens is 278 g/mol. The normalized spacial score (nSPS) is 13.4. The van der Waals surface area contributed by atoms with Crippen LogP contribution in [0.3, 0.4) is 0 Å². The van der Waals surface area contributed by atoms with Crippen molar-refractivity contribution in [2.75, 3.05) is 6.61 Å². The fourth-order valence-corrected chi connectivity index (χ4v) is 2.82. The molecule has 1 aromatic carbocycles. The highest BCUT2D eigenvalue weighted by atomic mass is 16.5. The Morgan fingerprint density at radius 3 is 3.05 bits per heavy atom. The summed E-state index contributed by atoms with van der Waals surface area (Å²) in [5.41, 5.74) is 4.02. The van der Waals surface area contributed by atoms with E-state index in [0.717, 1.165) is 35.7 Å². The van der Waals surface area contributed by atoms with Crippen molar-refractivity contribution >= 4 is 5.65 Å². The predicted octanol–water partition coefficient (Wildman–Crippen LogP) is 3.12. The summed E-state index contributed by atoms with van der Waals surface area (Å²) >= 11 is 0. The van der Waals surface area contributed by atoms with Gasteiger partial charge >= 0.3 is 0 Å². The van der Waals surface area contributed by atoms with Crippen LogP contribution in [0.2, 0.25) is 0 Å². The fraction of sp³-hybridized carbons (Fsp3) is 0.294. The SMILES string of the molecule is CC(C)Oc1nccn2c(-c3cccc4c3OCC4)cnc12. The molecule has 0 unspecified atom stereocenters. The van der Waals surface area contributed by atoms with Crippen LogP contribution in [-0.2, 0) is 6.42 Å². The fourth-order valence-electron chi connectivity index (χ4n) is 2.82. The molecular formula is C17H17N3O2. The van der Waals surface area contributed by atoms with E-state index in [-0.39, 0.29) is 6.10 Å². The van der Waals surface area contributed by atoms with Crippen molar-refractivity contribution in [1.82, 2.24) is 14.4 Å². The van der Waals surface area contributed by atoms with E-state index < -0.39 is 0 Å². The van der Waals surface area contributed by atoms with E-state index in [1.165, 1.54) is 5.56 Å². The molecule has 1 aliphatic rings. The zero-order chi connectivity index (χ0) is 15.1. The number of fused-ring (bicyclic) bond motifs is 2. The molecule has 2 aromatic heterocycles. The van der Waals surface area contributed by atoms with Crippen molar-refractivity contribution in [3.8, 4) is 22.9 Å². The third-order valence-corrected chi connectivity index (χ3v) is 3.73. The Morgan fingerprint density at radius 1 is 1.27 bits per heavy atom. The van der Waals surface area contributed by atoms with Crippen LogP contribution in [0.4, 0.5) is 0 Å². The van der Waals surface area contributed by atoms with Gasteiger partial charge in [-0.25, -0.2) is 9.97 Å². The first-order valence-corrected chi connectivity index (χ1v) is 7.48. The second-order valence-electron chi connectivity index (χ2n) is 5.63. The number of nitrogens with zero attached hydrogens (tertiary/aromatic N) is 3. The van der Waals surface area contributed by atoms with Gasteiger partial charge in [0.2, 0.25) is 5.65 Å². The summed E-state index contributed by atoms with van der Waals surface area (Å²) in [5, 5.41) is 0. The van der Waals surface area contributed by atoms with Gasteiger partial charge in [-0.2, -0.15) is 0 Å². The van der Waals surface area contributed by atoms with Gasteiger partial charge < -0.3 is 9.47 Å². The van der Waals surface area contributed by atoms with E-state index in [1.54, 1.807) is 6.20 Å². The molecule has 0 fully saturated rings. The first kappa shape index (κ1) is 13.1. The van der Waals surface area contributed by atoms with Gasteiger partial charge in [0.15, 0.2) is 0 Å². The quantitative estimate of drug-likeness (QED) is 0.745. The number of benzene rings is 1. The molecule has 4 rings (SSSR count). The van der Waals surface area contributed by atoms with Crippen LogP contribution in [-0.4, -0.2) is 27.1 Å². The molecule has 5 heteroatoms. The van der Waals surface area contributed by atoms with E-state index in [0.29, 0.717) is 5.88 Å². The molecule has 0 bridgehead atoms. The molecule has 0 N–H and O–H groups in total. The van der Waals surface area contributed by atoms with Gasteiger partial charge in [0, 0.05) is 24.4 Å². The average molecular weight is 295 g/mol. The van der Waals surface area contributed by atoms with E-state index in [9.17, 15) is 0 Å². The molecule has 1 aliphatic heterocycles. The minimum Gasteiger partial charge on any atom is -0.492 e. The number of para-hydroxylation sites is 1. The van der Waals surface area contributed by atoms with Gasteiger partial charge in [-0.3, -0.25) is 4.40 Å². The maximum Gasteiger partial charge on any atom is 0.258 e. The summed E-state index contributed by atoms with van der Waals surface area (Å²) in [6.45, 7) is 4.70. The predicted molar refractivity (Wildman–Crippen MR) is 83.4 cm³/mol. The molecule has 0 atom stereocenters. The van der Waals surface area contributed by atoms with Crippen LogP contribution < -0.4 is 9.47 Å². The van der Waals surface area contributed by atoms with Crippen molar-refractivity contribution in [3.05, 3.63) is 42.4 Å². The Balaban J connectivity index is 1.89. The van der Waals surface area contributed by atoms with Crippen molar-refractivity contribution < 1.29 is 9.47 Å². The third-order valence-electron chi connectivity index (χ3n) is 3.73. The second kappa shape index (κ2) is 5.02. The largest absolute Gasteiger partial charge is 0.492 e. The molecule has 5 nitrogen and oxygen atoms in total. The Morgan fingerprint density at radius 2 is 2.18 bits per heavy atom. The van der Waals surface area contributed by atoms with Gasteiger partial charge in [0.1, 0.15) is 5.75 Å². The van der Waals surface area contributed by atoms with E-state index in [4.69, 9.17) is 9.47 Å². The van der Waals surface area contributed by atoms with Crippen LogP contribution in [0, 0.1) is 0 Å². The molecule has 0 aliphatic carbocycles. The van der Waals surface area contributed by atoms with E-state index in [2.05, 4.69) is 28.2 Å². The molecule has 0 spiro atoms. The number of imidazole rings is 1. The number of ether oxygens (including phenoxy) is 2. The lowest BCUT2D eigenvalue weighted by Gasteiger charge is -2.10. The summed E-state index contributed by atoms with van der Waals surface area (Å²) < 4.78 is 13.6. The van der Waals surface area contributed by atoms with Crippen molar-refractivity contribution in [2.45, 2.75) is 26.4 Å². The van der Waals surface area contributed by atoms with Crippen LogP contribution >= 0.6 is 0 Å². The minimum absolute atomic E-state index is 0.0585. The van der Waals surface area contributed by atoms with Crippen molar-refractivity contribution in [2.24, 2.45) is 0 Å². The van der Waals surface area contributed by atoms with Crippen LogP contribution in [0.1, 0.15) is 19.4 Å². The molecule has 3 aromatic rings. The summed E-state index contributed by atoms with van der Waals surface area (Å²) in [5.74, 6) is 1.52. The van der Waals surface area contributed by atoms with Gasteiger partial charge in [-0.1, -0.05) is 12.1 Å². The first-order valence-electron chi connectivity index (χ1n) is 7.48. The average Bonchev–Trinajstić information content (AvgIpc) is 3.13. The smallest absolute Gasteiger partial charge is 0.258 e. The Hall–Kier alpha value is -2.56. The standard InChI is InChI=1S/C17H17N3O2/c1-11(2)22-17-16-19-10-14(20(16)8-7-18-17)13-5-3-4-12-6-9-21-15(12)13/h3-5,7-8,10-11H,6,9H2,1-2H3. The number of hydrogen-bond donors (Lipinski definition) is 0. The van der Waals surface area contributed by atoms with Crippen LogP contribution in [0.5, 0.6) is 11.6 Å². The molecule has 0 saturated heterocycles. The van der Waals surface area contributed by atoms with Gasteiger partial charge in [-0.05, 0) is 25.5 Å². The van der Waals surface area contributed by atoms with E-state index >= 15 is 0 Å². The molecule has 0 radical (unpaired) electrons. The topological polar surface area (TPSA) is 48.7 Å². The summed E-state index contributed by atoms with van der Waals surface area (Å²) in [4.78, 5) is 8.78. The number of hydrogen-bond acceptors (Lipinski definition) is 4. The zero-order valence-corrected chi connectivity index (χ0v) is 12.6. The minimum atomic E-state index is 0.0585. The van der Waals surface area contributed by atoms with Gasteiger partial charge in [0.05, 0.1) is 24.6 Å². The zero-order valence-electron chi connectivity index (χ0n) is 12.6. The monoisotopic (exact) mass is 295 g/mol. The molecule has 22 heavy (non-hydrogen) atoms. The maximum atomic E-state index is 5.81. The Bertz CT molecular complexity index is 839. The van der Waals surface area contributed by atoms with Crippen molar-refractivity contribution in [1.29, 1.82) is 0 Å². The summed E-state index contributed by atoms with van der Waals surface area (Å²) in [7, 11) is 0. The Labute approximate surface area is 128 Å². The summed E-state index contributed by atoms with van der Waals surface area (Å²) in [6.07, 6.45) is 6.51. The second-order valence-corrected chi connectivity index (χ2v) is 5.63. The first-order chi connectivity index (χ1) is 10.7. The van der Waals surface area contributed by atoms with Crippen molar-refractivity contribution in [3.63, 3.8) is 0 Å². The Kier molecular flexibility index (Phi) is 2.99. The van der Waals surface area contributed by atoms with Crippen LogP contribution in [0.15, 0.2) is 36.8 Å². The van der Waals surface area contributed by atoms with Crippen LogP contribution in [0.25, 0.3) is 16.9 Å². The lowest BCUT2D eigenvalue weighted by molar-refractivity contribution is 0.234. The number of rotatable bonds is 3. The molecule has 0 saturated carbocycles. The molecule has 112 valence electrons.